The van der Waals surface area contributed by atoms with Crippen LogP contribution in [0, 0.1) is 11.8 Å². The number of fused-ring (bicyclic) bond motifs is 2. The maximum Gasteiger partial charge on any atom is 0.271 e. The van der Waals surface area contributed by atoms with Gasteiger partial charge in [-0.1, -0.05) is 51.4 Å². The Morgan fingerprint density at radius 2 is 1.44 bits per heavy atom. The Hall–Kier alpha value is -1.48. The van der Waals surface area contributed by atoms with Crippen molar-refractivity contribution in [2.45, 2.75) is 145 Å². The number of nitrogens with one attached hydrogen (secondary N) is 2. The Kier molecular flexibility index (Phi) is 18.3. The number of aliphatic hydroxyl groups is 7. The molecule has 0 aromatic carbocycles. The first-order chi connectivity index (χ1) is 23.9. The van der Waals surface area contributed by atoms with Gasteiger partial charge in [0.2, 0.25) is 5.79 Å². The minimum Gasteiger partial charge on any atom is -0.394 e. The average Bonchev–Trinajstić information content (AvgIpc) is 3.09. The Balaban J connectivity index is 1.69. The summed E-state index contributed by atoms with van der Waals surface area (Å²) in [6.45, 7) is 4.16. The predicted molar refractivity (Wildman–Crippen MR) is 180 cm³/mol. The van der Waals surface area contributed by atoms with Gasteiger partial charge in [-0.2, -0.15) is 0 Å². The highest BCUT2D eigenvalue weighted by Gasteiger charge is 2.64. The van der Waals surface area contributed by atoms with Crippen molar-refractivity contribution in [3.63, 3.8) is 0 Å². The molecule has 0 amide bonds. The molecule has 5 aliphatic heterocycles. The third-order valence-electron chi connectivity index (χ3n) is 10.8. The quantitative estimate of drug-likeness (QED) is 0.0416. The lowest BCUT2D eigenvalue weighted by atomic mass is 9.68. The highest BCUT2D eigenvalue weighted by atomic mass is 16.7. The normalized spacial score (nSPS) is 38.0. The van der Waals surface area contributed by atoms with Crippen LogP contribution in [-0.2, 0) is 9.47 Å². The van der Waals surface area contributed by atoms with Crippen LogP contribution in [0.3, 0.4) is 0 Å². The fourth-order valence-electron chi connectivity index (χ4n) is 7.98. The summed E-state index contributed by atoms with van der Waals surface area (Å²) in [5, 5.41) is 109. The van der Waals surface area contributed by atoms with Gasteiger partial charge in [0.05, 0.1) is 61.7 Å². The molecule has 4 bridgehead atoms. The number of nitrogens with zero attached hydrogens (tertiary/aromatic N) is 3. The van der Waals surface area contributed by atoms with E-state index in [0.717, 1.165) is 44.9 Å². The molecule has 17 nitrogen and oxygen atoms in total. The van der Waals surface area contributed by atoms with E-state index in [0.29, 0.717) is 82.8 Å². The van der Waals surface area contributed by atoms with Gasteiger partial charge in [0.15, 0.2) is 0 Å². The van der Waals surface area contributed by atoms with Gasteiger partial charge in [-0.15, -0.1) is 5.01 Å². The third-order valence-corrected chi connectivity index (χ3v) is 10.8. The van der Waals surface area contributed by atoms with Crippen LogP contribution in [0.25, 0.3) is 0 Å². The van der Waals surface area contributed by atoms with Gasteiger partial charge in [-0.3, -0.25) is 0 Å². The monoisotopic (exact) mass is 723 g/mol. The molecule has 0 spiro atoms. The molecule has 13 N–H and O–H groups in total. The zero-order valence-corrected chi connectivity index (χ0v) is 29.8. The Morgan fingerprint density at radius 3 is 2.10 bits per heavy atom. The molecule has 5 aliphatic rings. The second-order valence-electron chi connectivity index (χ2n) is 14.6. The van der Waals surface area contributed by atoms with Gasteiger partial charge in [0, 0.05) is 12.5 Å². The van der Waals surface area contributed by atoms with E-state index in [1.165, 1.54) is 5.01 Å². The minimum atomic E-state index is -2.62. The molecule has 5 heterocycles. The van der Waals surface area contributed by atoms with Crippen LogP contribution in [0.1, 0.15) is 90.4 Å². The second kappa shape index (κ2) is 21.3. The van der Waals surface area contributed by atoms with Crippen molar-refractivity contribution in [2.24, 2.45) is 22.8 Å². The van der Waals surface area contributed by atoms with Crippen molar-refractivity contribution < 1.29 is 60.6 Å². The van der Waals surface area contributed by atoms with Crippen molar-refractivity contribution in [2.75, 3.05) is 52.4 Å². The maximum atomic E-state index is 12.0. The summed E-state index contributed by atoms with van der Waals surface area (Å²) in [6.07, 6.45) is 0.453. The first-order valence-electron chi connectivity index (χ1n) is 18.7. The number of nitrogens with two attached hydrogens (primary N) is 1. The van der Waals surface area contributed by atoms with Crippen LogP contribution in [0.5, 0.6) is 0 Å². The summed E-state index contributed by atoms with van der Waals surface area (Å²) in [4.78, 5) is 0.403. The lowest BCUT2D eigenvalue weighted by molar-refractivity contribution is -0.941. The van der Waals surface area contributed by atoms with E-state index in [2.05, 4.69) is 15.9 Å². The summed E-state index contributed by atoms with van der Waals surface area (Å²) in [5.74, 6) is -5.14. The minimum absolute atomic E-state index is 0.0820. The maximum absolute atomic E-state index is 12.0. The average molecular weight is 724 g/mol. The van der Waals surface area contributed by atoms with Crippen molar-refractivity contribution in [3.05, 3.63) is 0 Å². The molecule has 0 aromatic heterocycles. The summed E-state index contributed by atoms with van der Waals surface area (Å²) < 4.78 is 12.2. The molecule has 5 rings (SSSR count). The summed E-state index contributed by atoms with van der Waals surface area (Å²) in [6, 6.07) is 0. The molecule has 5 fully saturated rings. The molecular weight excluding hydrogens is 656 g/mol. The smallest absolute Gasteiger partial charge is 0.271 e. The molecular formula is C33H67N6O11+. The van der Waals surface area contributed by atoms with Crippen LogP contribution in [0.15, 0.2) is 5.28 Å². The van der Waals surface area contributed by atoms with Crippen LogP contribution in [0.4, 0.5) is 0 Å². The second-order valence-corrected chi connectivity index (χ2v) is 14.6. The molecule has 294 valence electrons. The Labute approximate surface area is 296 Å². The number of rotatable bonds is 15. The summed E-state index contributed by atoms with van der Waals surface area (Å²) >= 11 is 0. The number of hydrogen-bond acceptors (Lipinski definition) is 13. The van der Waals surface area contributed by atoms with Crippen molar-refractivity contribution >= 4 is 0 Å². The van der Waals surface area contributed by atoms with E-state index in [1.807, 2.05) is 0 Å². The highest BCUT2D eigenvalue weighted by Crippen LogP contribution is 2.46. The molecule has 17 heteroatoms. The first-order valence-corrected chi connectivity index (χ1v) is 18.7. The zero-order valence-electron chi connectivity index (χ0n) is 29.8. The van der Waals surface area contributed by atoms with E-state index in [4.69, 9.17) is 20.4 Å². The van der Waals surface area contributed by atoms with Crippen molar-refractivity contribution in [1.82, 2.24) is 15.6 Å². The Bertz CT molecular complexity index is 984. The largest absolute Gasteiger partial charge is 0.394 e. The topological polar surface area (TPSA) is 269 Å². The lowest BCUT2D eigenvalue weighted by Gasteiger charge is -2.57. The molecule has 0 saturated carbocycles. The highest BCUT2D eigenvalue weighted by molar-refractivity contribution is 5.09. The van der Waals surface area contributed by atoms with E-state index in [1.54, 1.807) is 6.92 Å². The summed E-state index contributed by atoms with van der Waals surface area (Å²) in [5.41, 5.74) is 4.05. The number of aliphatic hydroxyl groups excluding tert-OH is 5. The van der Waals surface area contributed by atoms with Gasteiger partial charge >= 0.3 is 0 Å². The number of hydrogen-bond donors (Lipinski definition) is 12. The molecule has 11 atom stereocenters. The van der Waals surface area contributed by atoms with Gasteiger partial charge in [0.25, 0.3) is 10.2 Å². The van der Waals surface area contributed by atoms with Crippen LogP contribution in [-0.4, -0.2) is 163 Å². The SMILES string of the molecule is CC1(O)CCCCCCCCCC[C@H]2OC(CO)C([C@H](O)[C@H]2O)[C@@]2(O)OC(CNCCCNCCCN(CCCN)/[N+](O)=N/O)C1[C@H](O)[C@H]2O. The fourth-order valence-corrected chi connectivity index (χ4v) is 7.98. The molecule has 5 saturated heterocycles. The molecule has 0 aromatic rings. The number of ether oxygens (including phenoxy) is 2. The fraction of sp³-hybridized carbons (Fsp3) is 1.00. The van der Waals surface area contributed by atoms with Crippen molar-refractivity contribution in [1.29, 1.82) is 0 Å². The van der Waals surface area contributed by atoms with Crippen LogP contribution in [0.2, 0.25) is 0 Å². The molecule has 5 unspecified atom stereocenters. The van der Waals surface area contributed by atoms with Crippen LogP contribution < -0.4 is 16.4 Å². The third kappa shape index (κ3) is 11.5. The van der Waals surface area contributed by atoms with Gasteiger partial charge < -0.3 is 66.8 Å². The van der Waals surface area contributed by atoms with Gasteiger partial charge in [0.1, 0.15) is 12.2 Å². The first kappa shape index (κ1) is 42.9. The van der Waals surface area contributed by atoms with Gasteiger partial charge in [-0.25, -0.2) is 5.21 Å². The number of hydrazine groups is 1. The van der Waals surface area contributed by atoms with E-state index < -0.39 is 72.6 Å². The van der Waals surface area contributed by atoms with Gasteiger partial charge in [-0.05, 0) is 65.2 Å². The molecule has 50 heavy (non-hydrogen) atoms. The summed E-state index contributed by atoms with van der Waals surface area (Å²) in [7, 11) is 0. The lowest BCUT2D eigenvalue weighted by Crippen LogP contribution is -2.74. The molecule has 0 aliphatic carbocycles. The van der Waals surface area contributed by atoms with Crippen LogP contribution >= 0.6 is 0 Å². The molecule has 0 radical (unpaired) electrons. The van der Waals surface area contributed by atoms with E-state index in [-0.39, 0.29) is 6.54 Å². The zero-order chi connectivity index (χ0) is 36.7. The predicted octanol–water partition coefficient (Wildman–Crippen LogP) is -1.06. The standard InChI is InChI=1S/C33H66N6O11/c1-32(45)14-9-7-5-3-2-4-6-8-13-23-28(41)29(42)27(25(22-40)49-23)33(46)31(44)30(43)26(32)24(50-33)21-36-17-11-16-35-18-12-20-38(19-10-15-34)39(48)37-47/h23-31,35-36,40-46,48H,2-22,34H2,1H3/p+1/t23-,24?,25?,26?,27?,28+,29+,30+,31-,32?,33-/m1/s1. The Morgan fingerprint density at radius 1 is 0.820 bits per heavy atom. The van der Waals surface area contributed by atoms with E-state index in [9.17, 15) is 41.0 Å². The van der Waals surface area contributed by atoms with Crippen molar-refractivity contribution in [3.8, 4) is 0 Å². The van der Waals surface area contributed by atoms with E-state index >= 15 is 0 Å².